The Morgan fingerprint density at radius 3 is 2.08 bits per heavy atom. The number of hydrogen-bond acceptors (Lipinski definition) is 3. The third kappa shape index (κ3) is 4.84. The molecular weight excluding hydrogens is 152 g/mol. The normalized spacial score (nSPS) is 6.58. The van der Waals surface area contributed by atoms with Crippen molar-refractivity contribution in [3.8, 4) is 18.1 Å². The lowest BCUT2D eigenvalue weighted by Gasteiger charge is -1.89. The van der Waals surface area contributed by atoms with Crippen LogP contribution in [0.15, 0.2) is 30.3 Å². The second kappa shape index (κ2) is 7.11. The molecule has 0 saturated heterocycles. The molecule has 0 amide bonds. The Bertz CT molecular complexity index is 282. The van der Waals surface area contributed by atoms with E-state index in [9.17, 15) is 0 Å². The number of hydrogen-bond donors (Lipinski definition) is 0. The highest BCUT2D eigenvalue weighted by Crippen LogP contribution is 2.06. The highest BCUT2D eigenvalue weighted by atomic mass is 16.5. The summed E-state index contributed by atoms with van der Waals surface area (Å²) in [6.07, 6.45) is 1.58. The first-order valence-electron chi connectivity index (χ1n) is 3.27. The number of ether oxygens (including phenoxy) is 1. The Kier molecular flexibility index (Phi) is 5.93. The number of nitriles is 2. The van der Waals surface area contributed by atoms with E-state index in [2.05, 4.69) is 4.74 Å². The van der Waals surface area contributed by atoms with Gasteiger partial charge in [-0.25, -0.2) is 0 Å². The third-order valence-electron chi connectivity index (χ3n) is 0.907. The predicted molar refractivity (Wildman–Crippen MR) is 44.0 cm³/mol. The second-order valence-electron chi connectivity index (χ2n) is 1.73. The summed E-state index contributed by atoms with van der Waals surface area (Å²) in [6, 6.07) is 10.7. The van der Waals surface area contributed by atoms with Gasteiger partial charge < -0.3 is 4.74 Å². The Hall–Kier alpha value is -2.00. The fourth-order valence-corrected chi connectivity index (χ4v) is 0.541. The van der Waals surface area contributed by atoms with Gasteiger partial charge in [0.15, 0.2) is 0 Å². The number of nitrogens with zero attached hydrogens (tertiary/aromatic N) is 2. The Morgan fingerprint density at radius 1 is 1.17 bits per heavy atom. The molecule has 0 aliphatic heterocycles. The van der Waals surface area contributed by atoms with Crippen molar-refractivity contribution in [1.82, 2.24) is 0 Å². The molecule has 0 spiro atoms. The van der Waals surface area contributed by atoms with Crippen LogP contribution in [0.2, 0.25) is 0 Å². The maximum Gasteiger partial charge on any atom is 0.292 e. The SMILES string of the molecule is CC#N.N#COc1ccccc1. The van der Waals surface area contributed by atoms with E-state index in [1.54, 1.807) is 24.5 Å². The Morgan fingerprint density at radius 2 is 1.67 bits per heavy atom. The number of rotatable bonds is 1. The molecule has 0 saturated carbocycles. The van der Waals surface area contributed by atoms with Gasteiger partial charge in [0.05, 0.1) is 6.07 Å². The number of benzene rings is 1. The van der Waals surface area contributed by atoms with Gasteiger partial charge in [0.1, 0.15) is 5.75 Å². The largest absolute Gasteiger partial charge is 0.388 e. The highest BCUT2D eigenvalue weighted by molar-refractivity contribution is 5.21. The van der Waals surface area contributed by atoms with Crippen LogP contribution in [0.4, 0.5) is 0 Å². The maximum absolute atomic E-state index is 8.05. The highest BCUT2D eigenvalue weighted by Gasteiger charge is 1.84. The Labute approximate surface area is 71.4 Å². The zero-order valence-corrected chi connectivity index (χ0v) is 6.69. The molecular formula is C9H8N2O. The molecule has 0 unspecified atom stereocenters. The van der Waals surface area contributed by atoms with Gasteiger partial charge in [0.2, 0.25) is 0 Å². The van der Waals surface area contributed by atoms with E-state index in [1.165, 1.54) is 6.92 Å². The van der Waals surface area contributed by atoms with Crippen LogP contribution in [0, 0.1) is 22.8 Å². The van der Waals surface area contributed by atoms with E-state index in [0.717, 1.165) is 0 Å². The average molecular weight is 160 g/mol. The van der Waals surface area contributed by atoms with Gasteiger partial charge >= 0.3 is 0 Å². The van der Waals surface area contributed by atoms with Crippen molar-refractivity contribution in [3.63, 3.8) is 0 Å². The summed E-state index contributed by atoms with van der Waals surface area (Å²) in [4.78, 5) is 0. The molecule has 0 aromatic heterocycles. The van der Waals surface area contributed by atoms with Crippen LogP contribution < -0.4 is 4.74 Å². The smallest absolute Gasteiger partial charge is 0.292 e. The van der Waals surface area contributed by atoms with E-state index >= 15 is 0 Å². The number of para-hydroxylation sites is 1. The van der Waals surface area contributed by atoms with Crippen LogP contribution in [0.3, 0.4) is 0 Å². The van der Waals surface area contributed by atoms with Gasteiger partial charge in [-0.3, -0.25) is 0 Å². The molecule has 0 heterocycles. The van der Waals surface area contributed by atoms with Crippen LogP contribution in [0.5, 0.6) is 5.75 Å². The standard InChI is InChI=1S/C7H5NO.C2H3N/c8-6-9-7-4-2-1-3-5-7;1-2-3/h1-5H;1H3. The van der Waals surface area contributed by atoms with Crippen LogP contribution in [0.25, 0.3) is 0 Å². The summed E-state index contributed by atoms with van der Waals surface area (Å²) in [5.41, 5.74) is 0. The molecule has 60 valence electrons. The summed E-state index contributed by atoms with van der Waals surface area (Å²) in [7, 11) is 0. The third-order valence-corrected chi connectivity index (χ3v) is 0.907. The van der Waals surface area contributed by atoms with Crippen LogP contribution in [-0.2, 0) is 0 Å². The van der Waals surface area contributed by atoms with Crippen molar-refractivity contribution < 1.29 is 4.74 Å². The minimum absolute atomic E-state index is 0.583. The zero-order valence-electron chi connectivity index (χ0n) is 6.69. The topological polar surface area (TPSA) is 56.8 Å². The molecule has 0 aliphatic carbocycles. The Balaban J connectivity index is 0.000000354. The lowest BCUT2D eigenvalue weighted by molar-refractivity contribution is 0.507. The molecule has 0 aliphatic rings. The van der Waals surface area contributed by atoms with Crippen LogP contribution in [0.1, 0.15) is 6.92 Å². The van der Waals surface area contributed by atoms with E-state index in [4.69, 9.17) is 10.5 Å². The van der Waals surface area contributed by atoms with Crippen molar-refractivity contribution in [1.29, 1.82) is 10.5 Å². The molecule has 0 bridgehead atoms. The van der Waals surface area contributed by atoms with Crippen molar-refractivity contribution in [2.75, 3.05) is 0 Å². The molecule has 0 N–H and O–H groups in total. The average Bonchev–Trinajstić information content (AvgIpc) is 2.08. The molecule has 3 nitrogen and oxygen atoms in total. The van der Waals surface area contributed by atoms with E-state index < -0.39 is 0 Å². The van der Waals surface area contributed by atoms with E-state index in [0.29, 0.717) is 5.75 Å². The fourth-order valence-electron chi connectivity index (χ4n) is 0.541. The summed E-state index contributed by atoms with van der Waals surface area (Å²) in [6.45, 7) is 1.43. The van der Waals surface area contributed by atoms with Gasteiger partial charge in [0.25, 0.3) is 6.26 Å². The minimum atomic E-state index is 0.583. The zero-order chi connectivity index (χ0) is 9.23. The summed E-state index contributed by atoms with van der Waals surface area (Å²) in [5.74, 6) is 0.583. The van der Waals surface area contributed by atoms with Crippen molar-refractivity contribution in [2.24, 2.45) is 0 Å². The van der Waals surface area contributed by atoms with Gasteiger partial charge in [-0.1, -0.05) is 18.2 Å². The molecule has 12 heavy (non-hydrogen) atoms. The molecule has 3 heteroatoms. The van der Waals surface area contributed by atoms with Crippen LogP contribution in [-0.4, -0.2) is 0 Å². The molecule has 1 rings (SSSR count). The predicted octanol–water partition coefficient (Wildman–Crippen LogP) is 2.08. The molecule has 0 fully saturated rings. The van der Waals surface area contributed by atoms with Gasteiger partial charge in [0, 0.05) is 6.92 Å². The lowest BCUT2D eigenvalue weighted by atomic mass is 10.3. The maximum atomic E-state index is 8.05. The molecule has 1 aromatic carbocycles. The van der Waals surface area contributed by atoms with Gasteiger partial charge in [-0.15, -0.1) is 5.26 Å². The quantitative estimate of drug-likeness (QED) is 0.591. The van der Waals surface area contributed by atoms with E-state index in [1.807, 2.05) is 18.2 Å². The van der Waals surface area contributed by atoms with E-state index in [-0.39, 0.29) is 0 Å². The fraction of sp³-hybridized carbons (Fsp3) is 0.111. The van der Waals surface area contributed by atoms with Crippen LogP contribution >= 0.6 is 0 Å². The van der Waals surface area contributed by atoms with Gasteiger partial charge in [-0.05, 0) is 12.1 Å². The summed E-state index contributed by atoms with van der Waals surface area (Å²) >= 11 is 0. The first kappa shape index (κ1) is 10.0. The van der Waals surface area contributed by atoms with Crippen molar-refractivity contribution in [3.05, 3.63) is 30.3 Å². The molecule has 0 atom stereocenters. The minimum Gasteiger partial charge on any atom is -0.388 e. The molecule has 1 aromatic rings. The van der Waals surface area contributed by atoms with Gasteiger partial charge in [-0.2, -0.15) is 5.26 Å². The summed E-state index contributed by atoms with van der Waals surface area (Å²) in [5, 5.41) is 15.4. The summed E-state index contributed by atoms with van der Waals surface area (Å²) < 4.78 is 4.51. The van der Waals surface area contributed by atoms with Crippen molar-refractivity contribution >= 4 is 0 Å². The van der Waals surface area contributed by atoms with Crippen molar-refractivity contribution in [2.45, 2.75) is 6.92 Å². The molecule has 0 radical (unpaired) electrons. The first-order chi connectivity index (χ1) is 5.85. The lowest BCUT2D eigenvalue weighted by Crippen LogP contribution is -1.78. The first-order valence-corrected chi connectivity index (χ1v) is 3.27. The monoisotopic (exact) mass is 160 g/mol. The second-order valence-corrected chi connectivity index (χ2v) is 1.73.